The van der Waals surface area contributed by atoms with Gasteiger partial charge in [-0.1, -0.05) is 0 Å². The highest BCUT2D eigenvalue weighted by molar-refractivity contribution is 5.94. The fraction of sp³-hybridized carbons (Fsp3) is 0.556. The van der Waals surface area contributed by atoms with Crippen molar-refractivity contribution < 1.29 is 23.1 Å². The number of anilines is 1. The number of ether oxygens (including phenoxy) is 1. The number of hydrogen-bond donors (Lipinski definition) is 0. The molecule has 1 saturated heterocycles. The van der Waals surface area contributed by atoms with Gasteiger partial charge < -0.3 is 19.4 Å². The largest absolute Gasteiger partial charge is 0.444 e. The summed E-state index contributed by atoms with van der Waals surface area (Å²) in [5, 5.41) is 0. The van der Waals surface area contributed by atoms with Gasteiger partial charge in [-0.2, -0.15) is 0 Å². The maximum absolute atomic E-state index is 14.3. The van der Waals surface area contributed by atoms with Gasteiger partial charge in [-0.15, -0.1) is 0 Å². The third-order valence-corrected chi connectivity index (χ3v) is 3.94. The number of rotatable bonds is 2. The van der Waals surface area contributed by atoms with Crippen molar-refractivity contribution in [3.8, 4) is 0 Å². The monoisotopic (exact) mass is 369 g/mol. The highest BCUT2D eigenvalue weighted by Gasteiger charge is 2.27. The summed E-state index contributed by atoms with van der Waals surface area (Å²) in [6.45, 7) is 6.99. The molecule has 144 valence electrons. The van der Waals surface area contributed by atoms with Crippen LogP contribution in [-0.4, -0.2) is 67.7 Å². The Bertz CT molecular complexity index is 670. The average molecular weight is 369 g/mol. The van der Waals surface area contributed by atoms with Crippen LogP contribution in [0.25, 0.3) is 0 Å². The molecular formula is C18H25F2N3O3. The quantitative estimate of drug-likeness (QED) is 0.804. The Balaban J connectivity index is 2.08. The average Bonchev–Trinajstić information content (AvgIpc) is 2.52. The molecule has 0 N–H and O–H groups in total. The summed E-state index contributed by atoms with van der Waals surface area (Å²) in [5.74, 6) is -2.51. The molecule has 2 amide bonds. The Labute approximate surface area is 152 Å². The normalized spacial score (nSPS) is 15.0. The molecule has 2 rings (SSSR count). The molecule has 0 saturated carbocycles. The maximum Gasteiger partial charge on any atom is 0.410 e. The van der Waals surface area contributed by atoms with Crippen molar-refractivity contribution in [3.63, 3.8) is 0 Å². The van der Waals surface area contributed by atoms with Gasteiger partial charge in [-0.05, 0) is 32.9 Å². The first-order valence-corrected chi connectivity index (χ1v) is 8.43. The second kappa shape index (κ2) is 7.47. The van der Waals surface area contributed by atoms with Crippen LogP contribution in [0.5, 0.6) is 0 Å². The molecule has 0 radical (unpaired) electrons. The van der Waals surface area contributed by atoms with Gasteiger partial charge in [-0.25, -0.2) is 13.6 Å². The van der Waals surface area contributed by atoms with Gasteiger partial charge in [0.15, 0.2) is 0 Å². The van der Waals surface area contributed by atoms with Crippen LogP contribution in [0.2, 0.25) is 0 Å². The van der Waals surface area contributed by atoms with Gasteiger partial charge >= 0.3 is 6.09 Å². The molecule has 0 aromatic heterocycles. The first-order valence-electron chi connectivity index (χ1n) is 8.43. The van der Waals surface area contributed by atoms with Gasteiger partial charge in [0.05, 0.1) is 0 Å². The maximum atomic E-state index is 14.3. The van der Waals surface area contributed by atoms with Crippen LogP contribution in [-0.2, 0) is 4.74 Å². The minimum absolute atomic E-state index is 0.346. The lowest BCUT2D eigenvalue weighted by Crippen LogP contribution is -2.50. The molecule has 26 heavy (non-hydrogen) atoms. The van der Waals surface area contributed by atoms with Gasteiger partial charge in [0.1, 0.15) is 22.8 Å². The molecule has 0 bridgehead atoms. The lowest BCUT2D eigenvalue weighted by atomic mass is 10.1. The summed E-state index contributed by atoms with van der Waals surface area (Å²) in [4.78, 5) is 28.4. The molecule has 0 aliphatic carbocycles. The summed E-state index contributed by atoms with van der Waals surface area (Å²) in [5.41, 5.74) is -0.791. The Morgan fingerprint density at radius 3 is 1.96 bits per heavy atom. The van der Waals surface area contributed by atoms with E-state index in [9.17, 15) is 18.4 Å². The first kappa shape index (κ1) is 19.9. The summed E-state index contributed by atoms with van der Waals surface area (Å²) < 4.78 is 33.9. The van der Waals surface area contributed by atoms with Crippen molar-refractivity contribution in [2.24, 2.45) is 0 Å². The zero-order valence-electron chi connectivity index (χ0n) is 15.8. The Kier molecular flexibility index (Phi) is 5.73. The molecule has 1 aromatic rings. The van der Waals surface area contributed by atoms with Crippen LogP contribution in [0.15, 0.2) is 12.1 Å². The number of carbonyl (C=O) groups excluding carboxylic acids is 2. The number of piperazine rings is 1. The van der Waals surface area contributed by atoms with E-state index in [1.54, 1.807) is 30.6 Å². The van der Waals surface area contributed by atoms with Crippen molar-refractivity contribution >= 4 is 17.7 Å². The molecule has 1 aromatic carbocycles. The van der Waals surface area contributed by atoms with Gasteiger partial charge in [0.25, 0.3) is 5.91 Å². The third-order valence-electron chi connectivity index (χ3n) is 3.94. The van der Waals surface area contributed by atoms with Crippen LogP contribution < -0.4 is 4.90 Å². The van der Waals surface area contributed by atoms with Gasteiger partial charge in [-0.3, -0.25) is 4.79 Å². The summed E-state index contributed by atoms with van der Waals surface area (Å²) >= 11 is 0. The molecule has 1 fully saturated rings. The highest BCUT2D eigenvalue weighted by Crippen LogP contribution is 2.24. The van der Waals surface area contributed by atoms with E-state index in [1.807, 2.05) is 0 Å². The molecular weight excluding hydrogens is 344 g/mol. The van der Waals surface area contributed by atoms with Gasteiger partial charge in [0.2, 0.25) is 0 Å². The molecule has 6 nitrogen and oxygen atoms in total. The highest BCUT2D eigenvalue weighted by atomic mass is 19.1. The van der Waals surface area contributed by atoms with E-state index in [4.69, 9.17) is 4.74 Å². The van der Waals surface area contributed by atoms with Crippen LogP contribution in [0, 0.1) is 11.6 Å². The number of carbonyl (C=O) groups is 2. The van der Waals surface area contributed by atoms with Crippen molar-refractivity contribution in [2.45, 2.75) is 26.4 Å². The number of amides is 2. The van der Waals surface area contributed by atoms with Crippen LogP contribution in [0.1, 0.15) is 31.1 Å². The molecule has 0 spiro atoms. The Morgan fingerprint density at radius 2 is 1.54 bits per heavy atom. The molecule has 0 unspecified atom stereocenters. The number of halogens is 2. The van der Waals surface area contributed by atoms with Gasteiger partial charge in [0, 0.05) is 46.0 Å². The van der Waals surface area contributed by atoms with Crippen molar-refractivity contribution in [2.75, 3.05) is 45.2 Å². The fourth-order valence-electron chi connectivity index (χ4n) is 2.64. The molecule has 1 heterocycles. The lowest BCUT2D eigenvalue weighted by molar-refractivity contribution is 0.0240. The van der Waals surface area contributed by atoms with E-state index in [2.05, 4.69) is 0 Å². The van der Waals surface area contributed by atoms with Crippen LogP contribution in [0.4, 0.5) is 19.3 Å². The van der Waals surface area contributed by atoms with Crippen molar-refractivity contribution in [1.82, 2.24) is 9.80 Å². The first-order chi connectivity index (χ1) is 12.0. The summed E-state index contributed by atoms with van der Waals surface area (Å²) in [7, 11) is 2.87. The topological polar surface area (TPSA) is 53.1 Å². The van der Waals surface area contributed by atoms with Crippen molar-refractivity contribution in [3.05, 3.63) is 29.3 Å². The zero-order chi connectivity index (χ0) is 19.6. The second-order valence-corrected chi connectivity index (χ2v) is 7.44. The minimum Gasteiger partial charge on any atom is -0.444 e. The smallest absolute Gasteiger partial charge is 0.410 e. The van der Waals surface area contributed by atoms with Crippen LogP contribution >= 0.6 is 0 Å². The predicted octanol–water partition coefficient (Wildman–Crippen LogP) is 2.72. The molecule has 1 aliphatic rings. The minimum atomic E-state index is -0.895. The number of benzene rings is 1. The third kappa shape index (κ3) is 4.62. The van der Waals surface area contributed by atoms with Crippen LogP contribution in [0.3, 0.4) is 0 Å². The van der Waals surface area contributed by atoms with Crippen molar-refractivity contribution in [1.29, 1.82) is 0 Å². The van der Waals surface area contributed by atoms with E-state index in [1.165, 1.54) is 14.1 Å². The number of nitrogens with zero attached hydrogens (tertiary/aromatic N) is 3. The lowest BCUT2D eigenvalue weighted by Gasteiger charge is -2.36. The fourth-order valence-corrected chi connectivity index (χ4v) is 2.64. The SMILES string of the molecule is CN(C)C(=O)c1c(F)cc(N2CCN(C(=O)OC(C)(C)C)CC2)cc1F. The van der Waals surface area contributed by atoms with E-state index >= 15 is 0 Å². The molecule has 8 heteroatoms. The zero-order valence-corrected chi connectivity index (χ0v) is 15.8. The van der Waals surface area contributed by atoms with E-state index in [0.717, 1.165) is 17.0 Å². The van der Waals surface area contributed by atoms with E-state index in [-0.39, 0.29) is 0 Å². The standard InChI is InChI=1S/C18H25F2N3O3/c1-18(2,3)26-17(25)23-8-6-22(7-9-23)12-10-13(19)15(14(20)11-12)16(24)21(4)5/h10-11H,6-9H2,1-5H3. The second-order valence-electron chi connectivity index (χ2n) is 7.44. The van der Waals surface area contributed by atoms with E-state index in [0.29, 0.717) is 31.9 Å². The molecule has 1 aliphatic heterocycles. The van der Waals surface area contributed by atoms with E-state index < -0.39 is 34.8 Å². The Morgan fingerprint density at radius 1 is 1.04 bits per heavy atom. The Hall–Kier alpha value is -2.38. The predicted molar refractivity (Wildman–Crippen MR) is 94.4 cm³/mol. The molecule has 0 atom stereocenters. The number of hydrogen-bond acceptors (Lipinski definition) is 4. The summed E-state index contributed by atoms with van der Waals surface area (Å²) in [6.07, 6.45) is -0.401. The summed E-state index contributed by atoms with van der Waals surface area (Å²) in [6, 6.07) is 2.31.